The summed E-state index contributed by atoms with van der Waals surface area (Å²) in [7, 11) is -2.13. The van der Waals surface area contributed by atoms with Crippen LogP contribution in [0, 0.1) is 13.8 Å². The molecule has 6 heteroatoms. The lowest BCUT2D eigenvalue weighted by Gasteiger charge is -2.05. The molecule has 134 valence electrons. The first-order chi connectivity index (χ1) is 12.3. The highest BCUT2D eigenvalue weighted by Crippen LogP contribution is 2.27. The molecule has 26 heavy (non-hydrogen) atoms. The van der Waals surface area contributed by atoms with Crippen molar-refractivity contribution < 1.29 is 17.5 Å². The average Bonchev–Trinajstić information content (AvgIpc) is 2.90. The van der Waals surface area contributed by atoms with Gasteiger partial charge in [-0.15, -0.1) is 0 Å². The SMILES string of the molecule is Cc1ccc(S(=O)(=O)[O-])cc1.Cc1sc2ccc3ccccc3c2[n+]1C. The Balaban J connectivity index is 0.000000160. The summed E-state index contributed by atoms with van der Waals surface area (Å²) in [5, 5.41) is 4.02. The van der Waals surface area contributed by atoms with Crippen LogP contribution >= 0.6 is 11.3 Å². The van der Waals surface area contributed by atoms with Crippen LogP contribution in [0.2, 0.25) is 0 Å². The number of hydrogen-bond donors (Lipinski definition) is 0. The number of thiazole rings is 1. The van der Waals surface area contributed by atoms with Crippen molar-refractivity contribution in [3.8, 4) is 0 Å². The van der Waals surface area contributed by atoms with Gasteiger partial charge in [0.25, 0.3) is 0 Å². The van der Waals surface area contributed by atoms with E-state index >= 15 is 0 Å². The van der Waals surface area contributed by atoms with E-state index in [9.17, 15) is 13.0 Å². The van der Waals surface area contributed by atoms with Crippen LogP contribution in [0.5, 0.6) is 0 Å². The molecule has 0 aliphatic heterocycles. The van der Waals surface area contributed by atoms with Crippen LogP contribution in [0.1, 0.15) is 10.6 Å². The Morgan fingerprint density at radius 2 is 1.58 bits per heavy atom. The maximum Gasteiger partial charge on any atom is 0.234 e. The maximum absolute atomic E-state index is 10.4. The number of hydrogen-bond acceptors (Lipinski definition) is 4. The van der Waals surface area contributed by atoms with E-state index in [1.54, 1.807) is 12.1 Å². The molecule has 0 unspecified atom stereocenters. The minimum Gasteiger partial charge on any atom is -0.744 e. The second kappa shape index (κ2) is 7.15. The minimum atomic E-state index is -4.27. The van der Waals surface area contributed by atoms with Gasteiger partial charge < -0.3 is 4.55 Å². The summed E-state index contributed by atoms with van der Waals surface area (Å²) in [5.41, 5.74) is 2.29. The fourth-order valence-corrected chi connectivity index (χ4v) is 4.25. The van der Waals surface area contributed by atoms with Crippen molar-refractivity contribution >= 4 is 42.4 Å². The molecule has 0 aliphatic carbocycles. The molecule has 0 saturated heterocycles. The summed E-state index contributed by atoms with van der Waals surface area (Å²) < 4.78 is 34.8. The third-order valence-corrected chi connectivity index (χ3v) is 6.21. The molecule has 4 nitrogen and oxygen atoms in total. The van der Waals surface area contributed by atoms with E-state index in [2.05, 4.69) is 54.9 Å². The number of aryl methyl sites for hydroxylation is 3. The summed E-state index contributed by atoms with van der Waals surface area (Å²) in [4.78, 5) is -0.178. The quantitative estimate of drug-likeness (QED) is 0.366. The average molecular weight is 386 g/mol. The normalized spacial score (nSPS) is 11.4. The second-order valence-corrected chi connectivity index (χ2v) is 8.70. The van der Waals surface area contributed by atoms with Crippen LogP contribution < -0.4 is 4.57 Å². The van der Waals surface area contributed by atoms with E-state index in [-0.39, 0.29) is 4.90 Å². The van der Waals surface area contributed by atoms with Gasteiger partial charge in [-0.1, -0.05) is 53.3 Å². The fraction of sp³-hybridized carbons (Fsp3) is 0.150. The third kappa shape index (κ3) is 3.77. The lowest BCUT2D eigenvalue weighted by atomic mass is 10.1. The zero-order valence-corrected chi connectivity index (χ0v) is 16.4. The molecule has 0 atom stereocenters. The molecule has 0 radical (unpaired) electrons. The summed E-state index contributed by atoms with van der Waals surface area (Å²) in [6.07, 6.45) is 0. The number of aromatic nitrogens is 1. The summed E-state index contributed by atoms with van der Waals surface area (Å²) in [6, 6.07) is 18.8. The van der Waals surface area contributed by atoms with Crippen molar-refractivity contribution in [2.24, 2.45) is 7.05 Å². The van der Waals surface area contributed by atoms with E-state index in [1.807, 2.05) is 18.3 Å². The zero-order chi connectivity index (χ0) is 18.9. The molecule has 0 amide bonds. The number of rotatable bonds is 1. The highest BCUT2D eigenvalue weighted by molar-refractivity contribution is 7.85. The molecule has 0 spiro atoms. The van der Waals surface area contributed by atoms with Gasteiger partial charge in [0, 0.05) is 6.92 Å². The molecule has 0 saturated carbocycles. The van der Waals surface area contributed by atoms with E-state index in [4.69, 9.17) is 0 Å². The van der Waals surface area contributed by atoms with Gasteiger partial charge in [0.2, 0.25) is 10.5 Å². The monoisotopic (exact) mass is 385 g/mol. The Kier molecular flexibility index (Phi) is 5.09. The number of nitrogens with zero attached hydrogens (tertiary/aromatic N) is 1. The van der Waals surface area contributed by atoms with Crippen LogP contribution in [0.4, 0.5) is 0 Å². The van der Waals surface area contributed by atoms with Crippen LogP contribution in [0.15, 0.2) is 65.6 Å². The highest BCUT2D eigenvalue weighted by atomic mass is 32.2. The predicted octanol–water partition coefficient (Wildman–Crippen LogP) is 4.09. The first-order valence-electron chi connectivity index (χ1n) is 8.07. The predicted molar refractivity (Wildman–Crippen MR) is 104 cm³/mol. The van der Waals surface area contributed by atoms with Crippen molar-refractivity contribution in [1.82, 2.24) is 0 Å². The molecule has 1 aromatic heterocycles. The standard InChI is InChI=1S/C13H12NS.C7H8O3S/c1-9-14(2)13-11-6-4-3-5-10(11)7-8-12(13)15-9;1-6-2-4-7(5-3-6)11(8,9)10/h3-8H,1-2H3;2-5H,1H3,(H,8,9,10)/q+1;/p-1. The first-order valence-corrected chi connectivity index (χ1v) is 10.3. The Morgan fingerprint density at radius 3 is 2.23 bits per heavy atom. The molecule has 3 aromatic carbocycles. The van der Waals surface area contributed by atoms with E-state index in [1.165, 1.54) is 38.1 Å². The first kappa shape index (κ1) is 18.5. The van der Waals surface area contributed by atoms with Gasteiger partial charge in [-0.3, -0.25) is 0 Å². The molecule has 4 rings (SSSR count). The van der Waals surface area contributed by atoms with Crippen molar-refractivity contribution in [3.05, 3.63) is 71.2 Å². The van der Waals surface area contributed by atoms with Gasteiger partial charge in [-0.2, -0.15) is 4.57 Å². The molecule has 0 bridgehead atoms. The van der Waals surface area contributed by atoms with Gasteiger partial charge in [-0.05, 0) is 36.6 Å². The molecule has 0 N–H and O–H groups in total. The van der Waals surface area contributed by atoms with E-state index in [0.717, 1.165) is 5.56 Å². The van der Waals surface area contributed by atoms with Gasteiger partial charge in [0.1, 0.15) is 21.9 Å². The zero-order valence-electron chi connectivity index (χ0n) is 14.8. The molecule has 1 heterocycles. The lowest BCUT2D eigenvalue weighted by molar-refractivity contribution is -0.645. The van der Waals surface area contributed by atoms with Gasteiger partial charge in [0.15, 0.2) is 0 Å². The smallest absolute Gasteiger partial charge is 0.234 e. The molecule has 0 aliphatic rings. The Morgan fingerprint density at radius 1 is 0.923 bits per heavy atom. The van der Waals surface area contributed by atoms with Crippen molar-refractivity contribution in [1.29, 1.82) is 0 Å². The topological polar surface area (TPSA) is 61.1 Å². The third-order valence-electron chi connectivity index (χ3n) is 4.24. The summed E-state index contributed by atoms with van der Waals surface area (Å²) in [6.45, 7) is 3.99. The van der Waals surface area contributed by atoms with Crippen LogP contribution in [0.25, 0.3) is 21.0 Å². The highest BCUT2D eigenvalue weighted by Gasteiger charge is 2.15. The van der Waals surface area contributed by atoms with Crippen molar-refractivity contribution in [2.45, 2.75) is 18.7 Å². The molecular formula is C20H19NO3S2. The van der Waals surface area contributed by atoms with Gasteiger partial charge in [-0.25, -0.2) is 8.42 Å². The van der Waals surface area contributed by atoms with Gasteiger partial charge in [0.05, 0.1) is 10.3 Å². The second-order valence-electron chi connectivity index (χ2n) is 6.08. The Hall–Kier alpha value is -2.28. The van der Waals surface area contributed by atoms with Gasteiger partial charge >= 0.3 is 0 Å². The minimum absolute atomic E-state index is 0.178. The largest absolute Gasteiger partial charge is 0.744 e. The fourth-order valence-electron chi connectivity index (χ4n) is 2.75. The van der Waals surface area contributed by atoms with Crippen LogP contribution in [-0.4, -0.2) is 13.0 Å². The molecular weight excluding hydrogens is 366 g/mol. The lowest BCUT2D eigenvalue weighted by Crippen LogP contribution is -2.28. The Labute approximate surface area is 157 Å². The summed E-state index contributed by atoms with van der Waals surface area (Å²) >= 11 is 1.86. The van der Waals surface area contributed by atoms with Crippen molar-refractivity contribution in [3.63, 3.8) is 0 Å². The molecule has 4 aromatic rings. The summed E-state index contributed by atoms with van der Waals surface area (Å²) in [5.74, 6) is 0. The maximum atomic E-state index is 10.4. The van der Waals surface area contributed by atoms with E-state index in [0.29, 0.717) is 0 Å². The number of benzene rings is 3. The molecule has 0 fully saturated rings. The number of fused-ring (bicyclic) bond motifs is 3. The van der Waals surface area contributed by atoms with Crippen LogP contribution in [-0.2, 0) is 17.2 Å². The van der Waals surface area contributed by atoms with E-state index < -0.39 is 10.1 Å². The van der Waals surface area contributed by atoms with Crippen LogP contribution in [0.3, 0.4) is 0 Å². The Bertz CT molecular complexity index is 1180. The van der Waals surface area contributed by atoms with Crippen molar-refractivity contribution in [2.75, 3.05) is 0 Å².